The Kier molecular flexibility index (Phi) is 5.78. The fourth-order valence-electron chi connectivity index (χ4n) is 2.45. The van der Waals surface area contributed by atoms with Crippen molar-refractivity contribution in [2.45, 2.75) is 25.6 Å². The summed E-state index contributed by atoms with van der Waals surface area (Å²) in [6.07, 6.45) is 0. The maximum absolute atomic E-state index is 12.4. The number of hydrogen-bond donors (Lipinski definition) is 0. The zero-order valence-electron chi connectivity index (χ0n) is 14.3. The molecule has 1 unspecified atom stereocenters. The number of benzene rings is 2. The van der Waals surface area contributed by atoms with Gasteiger partial charge in [-0.25, -0.2) is 8.42 Å². The highest BCUT2D eigenvalue weighted by atomic mass is 32.2. The van der Waals surface area contributed by atoms with E-state index in [9.17, 15) is 13.2 Å². The van der Waals surface area contributed by atoms with E-state index in [1.807, 2.05) is 56.3 Å². The van der Waals surface area contributed by atoms with Crippen molar-refractivity contribution in [2.24, 2.45) is 0 Å². The van der Waals surface area contributed by atoms with E-state index in [4.69, 9.17) is 0 Å². The van der Waals surface area contributed by atoms with Crippen LogP contribution in [0.25, 0.3) is 0 Å². The van der Waals surface area contributed by atoms with Gasteiger partial charge in [-0.3, -0.25) is 4.79 Å². The van der Waals surface area contributed by atoms with E-state index in [0.29, 0.717) is 5.56 Å². The highest BCUT2D eigenvalue weighted by molar-refractivity contribution is 7.91. The fourth-order valence-corrected chi connectivity index (χ4v) is 3.83. The van der Waals surface area contributed by atoms with Gasteiger partial charge in [0, 0.05) is 7.05 Å². The van der Waals surface area contributed by atoms with Gasteiger partial charge in [0.1, 0.15) is 5.75 Å². The van der Waals surface area contributed by atoms with Crippen molar-refractivity contribution in [1.29, 1.82) is 0 Å². The van der Waals surface area contributed by atoms with Crippen LogP contribution < -0.4 is 0 Å². The van der Waals surface area contributed by atoms with Gasteiger partial charge in [-0.1, -0.05) is 60.2 Å². The zero-order chi connectivity index (χ0) is 17.7. The fraction of sp³-hybridized carbons (Fsp3) is 0.316. The van der Waals surface area contributed by atoms with Crippen molar-refractivity contribution in [3.63, 3.8) is 0 Å². The van der Waals surface area contributed by atoms with Gasteiger partial charge < -0.3 is 4.90 Å². The van der Waals surface area contributed by atoms with Crippen LogP contribution in [-0.4, -0.2) is 32.0 Å². The largest absolute Gasteiger partial charge is 0.338 e. The molecule has 0 saturated heterocycles. The Balaban J connectivity index is 2.03. The van der Waals surface area contributed by atoms with Gasteiger partial charge in [-0.15, -0.1) is 0 Å². The van der Waals surface area contributed by atoms with Crippen molar-refractivity contribution < 1.29 is 13.2 Å². The van der Waals surface area contributed by atoms with Crippen LogP contribution >= 0.6 is 0 Å². The summed E-state index contributed by atoms with van der Waals surface area (Å²) in [5, 5.41) is 0. The molecule has 2 aromatic rings. The number of carbonyl (C=O) groups is 1. The predicted molar refractivity (Wildman–Crippen MR) is 96.3 cm³/mol. The number of amides is 1. The topological polar surface area (TPSA) is 54.5 Å². The average Bonchev–Trinajstić information content (AvgIpc) is 2.55. The van der Waals surface area contributed by atoms with Crippen LogP contribution in [0.1, 0.15) is 29.7 Å². The van der Waals surface area contributed by atoms with E-state index < -0.39 is 21.5 Å². The molecule has 0 fully saturated rings. The van der Waals surface area contributed by atoms with E-state index in [-0.39, 0.29) is 11.8 Å². The molecular weight excluding hydrogens is 322 g/mol. The van der Waals surface area contributed by atoms with Gasteiger partial charge in [0.15, 0.2) is 9.84 Å². The van der Waals surface area contributed by atoms with Crippen molar-refractivity contribution in [1.82, 2.24) is 4.90 Å². The van der Waals surface area contributed by atoms with Gasteiger partial charge in [0.05, 0.1) is 11.8 Å². The van der Waals surface area contributed by atoms with Crippen LogP contribution in [-0.2, 0) is 20.4 Å². The molecule has 0 aromatic heterocycles. The Labute approximate surface area is 144 Å². The lowest BCUT2D eigenvalue weighted by Gasteiger charge is -2.25. The van der Waals surface area contributed by atoms with Crippen LogP contribution in [0.15, 0.2) is 54.6 Å². The normalized spacial score (nSPS) is 12.6. The second-order valence-corrected chi connectivity index (χ2v) is 8.17. The first-order valence-corrected chi connectivity index (χ1v) is 9.67. The minimum absolute atomic E-state index is 0.118. The van der Waals surface area contributed by atoms with Crippen LogP contribution in [0.4, 0.5) is 0 Å². The number of aryl methyl sites for hydroxylation is 1. The first-order valence-electron chi connectivity index (χ1n) is 7.85. The third-order valence-electron chi connectivity index (χ3n) is 4.11. The lowest BCUT2D eigenvalue weighted by molar-refractivity contribution is -0.129. The molecule has 0 N–H and O–H groups in total. The van der Waals surface area contributed by atoms with Crippen LogP contribution in [0.5, 0.6) is 0 Å². The van der Waals surface area contributed by atoms with Crippen LogP contribution in [0.3, 0.4) is 0 Å². The average molecular weight is 345 g/mol. The molecule has 0 spiro atoms. The molecule has 2 rings (SSSR count). The minimum Gasteiger partial charge on any atom is -0.338 e. The summed E-state index contributed by atoms with van der Waals surface area (Å²) < 4.78 is 24.6. The quantitative estimate of drug-likeness (QED) is 0.808. The summed E-state index contributed by atoms with van der Waals surface area (Å²) >= 11 is 0. The van der Waals surface area contributed by atoms with Gasteiger partial charge >= 0.3 is 0 Å². The Bertz CT molecular complexity index is 783. The molecule has 2 aromatic carbocycles. The molecule has 0 saturated carbocycles. The number of sulfone groups is 1. The number of nitrogens with zero attached hydrogens (tertiary/aromatic N) is 1. The van der Waals surface area contributed by atoms with Gasteiger partial charge in [0.25, 0.3) is 0 Å². The maximum atomic E-state index is 12.4. The molecule has 0 bridgehead atoms. The molecule has 0 radical (unpaired) electrons. The summed E-state index contributed by atoms with van der Waals surface area (Å²) in [6, 6.07) is 16.7. The Morgan fingerprint density at radius 1 is 1.04 bits per heavy atom. The summed E-state index contributed by atoms with van der Waals surface area (Å²) in [7, 11) is -1.86. The minimum atomic E-state index is -3.50. The second-order valence-electron chi connectivity index (χ2n) is 6.11. The predicted octanol–water partition coefficient (Wildman–Crippen LogP) is 3.13. The monoisotopic (exact) mass is 345 g/mol. The highest BCUT2D eigenvalue weighted by Crippen LogP contribution is 2.19. The molecule has 0 aliphatic rings. The molecule has 1 amide bonds. The summed E-state index contributed by atoms with van der Waals surface area (Å²) in [6.45, 7) is 3.83. The smallest absolute Gasteiger partial charge is 0.238 e. The van der Waals surface area contributed by atoms with E-state index in [1.165, 1.54) is 4.90 Å². The highest BCUT2D eigenvalue weighted by Gasteiger charge is 2.23. The summed E-state index contributed by atoms with van der Waals surface area (Å²) in [5.41, 5.74) is 2.75. The lowest BCUT2D eigenvalue weighted by Crippen LogP contribution is -2.34. The van der Waals surface area contributed by atoms with Gasteiger partial charge in [-0.2, -0.15) is 0 Å². The molecule has 0 aliphatic heterocycles. The van der Waals surface area contributed by atoms with Crippen molar-refractivity contribution in [2.75, 3.05) is 12.8 Å². The molecule has 128 valence electrons. The summed E-state index contributed by atoms with van der Waals surface area (Å²) in [5.74, 6) is -0.986. The third-order valence-corrected chi connectivity index (χ3v) is 5.57. The van der Waals surface area contributed by atoms with Crippen LogP contribution in [0, 0.1) is 6.92 Å². The van der Waals surface area contributed by atoms with E-state index in [0.717, 1.165) is 11.1 Å². The third kappa shape index (κ3) is 4.93. The molecule has 5 heteroatoms. The Hall–Kier alpha value is -2.14. The summed E-state index contributed by atoms with van der Waals surface area (Å²) in [4.78, 5) is 13.9. The van der Waals surface area contributed by atoms with Crippen molar-refractivity contribution >= 4 is 15.7 Å². The molecule has 0 heterocycles. The lowest BCUT2D eigenvalue weighted by atomic mass is 10.1. The van der Waals surface area contributed by atoms with E-state index in [1.54, 1.807) is 19.2 Å². The number of rotatable bonds is 6. The molecule has 0 aliphatic carbocycles. The first kappa shape index (κ1) is 18.2. The second kappa shape index (κ2) is 7.62. The van der Waals surface area contributed by atoms with Crippen molar-refractivity contribution in [3.8, 4) is 0 Å². The maximum Gasteiger partial charge on any atom is 0.238 e. The Morgan fingerprint density at radius 2 is 1.62 bits per heavy atom. The van der Waals surface area contributed by atoms with Crippen LogP contribution in [0.2, 0.25) is 0 Å². The van der Waals surface area contributed by atoms with Gasteiger partial charge in [-0.05, 0) is 25.0 Å². The SMILES string of the molecule is Cc1ccc(CS(=O)(=O)CC(=O)N(C)C(C)c2ccccc2)cc1. The van der Waals surface area contributed by atoms with Gasteiger partial charge in [0.2, 0.25) is 5.91 Å². The standard InChI is InChI=1S/C19H23NO3S/c1-15-9-11-17(12-10-15)13-24(22,23)14-19(21)20(3)16(2)18-7-5-4-6-8-18/h4-12,16H,13-14H2,1-3H3. The van der Waals surface area contributed by atoms with E-state index >= 15 is 0 Å². The zero-order valence-corrected chi connectivity index (χ0v) is 15.1. The molecule has 24 heavy (non-hydrogen) atoms. The molecular formula is C19H23NO3S. The number of carbonyl (C=O) groups excluding carboxylic acids is 1. The molecule has 1 atom stereocenters. The number of hydrogen-bond acceptors (Lipinski definition) is 3. The Morgan fingerprint density at radius 3 is 2.21 bits per heavy atom. The van der Waals surface area contributed by atoms with Crippen molar-refractivity contribution in [3.05, 3.63) is 71.3 Å². The molecule has 4 nitrogen and oxygen atoms in total. The van der Waals surface area contributed by atoms with E-state index in [2.05, 4.69) is 0 Å². The first-order chi connectivity index (χ1) is 11.3.